The number of nitrogens with zero attached hydrogens (tertiary/aromatic N) is 2. The van der Waals surface area contributed by atoms with Crippen molar-refractivity contribution in [2.75, 3.05) is 11.4 Å². The summed E-state index contributed by atoms with van der Waals surface area (Å²) in [5.74, 6) is 1.07. The van der Waals surface area contributed by atoms with Gasteiger partial charge in [0.25, 0.3) is 5.91 Å². The molecule has 0 bridgehead atoms. The molecule has 9 heteroatoms. The van der Waals surface area contributed by atoms with Gasteiger partial charge >= 0.3 is 0 Å². The molecular weight excluding hydrogens is 463 g/mol. The predicted molar refractivity (Wildman–Crippen MR) is 128 cm³/mol. The number of alkyl halides is 1. The third-order valence-corrected chi connectivity index (χ3v) is 5.39. The number of hydrogen-bond donors (Lipinski definition) is 2. The number of amides is 1. The van der Waals surface area contributed by atoms with E-state index in [0.717, 1.165) is 16.6 Å². The van der Waals surface area contributed by atoms with Crippen molar-refractivity contribution in [1.82, 2.24) is 15.0 Å². The fraction of sp³-hybridized carbons (Fsp3) is 0.0417. The van der Waals surface area contributed by atoms with Gasteiger partial charge in [-0.25, -0.2) is 9.97 Å². The quantitative estimate of drug-likeness (QED) is 0.276. The van der Waals surface area contributed by atoms with Crippen LogP contribution in [0, 0.1) is 0 Å². The molecule has 0 radical (unpaired) electrons. The van der Waals surface area contributed by atoms with Gasteiger partial charge < -0.3 is 19.5 Å². The van der Waals surface area contributed by atoms with Crippen LogP contribution < -0.4 is 10.1 Å². The molecule has 0 aliphatic carbocycles. The summed E-state index contributed by atoms with van der Waals surface area (Å²) in [4.78, 5) is 24.6. The van der Waals surface area contributed by atoms with E-state index in [4.69, 9.17) is 32.4 Å². The number of rotatable bonds is 6. The number of pyridine rings is 1. The number of carbonyl (C=O) groups is 1. The van der Waals surface area contributed by atoms with Crippen molar-refractivity contribution in [1.29, 1.82) is 0 Å². The number of nitrogens with one attached hydrogen (secondary N) is 2. The molecule has 0 aliphatic rings. The van der Waals surface area contributed by atoms with E-state index in [1.165, 1.54) is 6.26 Å². The predicted octanol–water partition coefficient (Wildman–Crippen LogP) is 6.37. The number of aromatic amines is 1. The Morgan fingerprint density at radius 2 is 2.00 bits per heavy atom. The Labute approximate surface area is 198 Å². The molecule has 164 valence electrons. The Balaban J connectivity index is 1.46. The highest BCUT2D eigenvalue weighted by Gasteiger charge is 2.14. The highest BCUT2D eigenvalue weighted by Crippen LogP contribution is 2.31. The van der Waals surface area contributed by atoms with E-state index in [1.807, 2.05) is 30.3 Å². The van der Waals surface area contributed by atoms with Crippen LogP contribution in [0.4, 0.5) is 5.69 Å². The fourth-order valence-corrected chi connectivity index (χ4v) is 3.73. The van der Waals surface area contributed by atoms with Gasteiger partial charge in [0.1, 0.15) is 11.6 Å². The third-order valence-electron chi connectivity index (χ3n) is 4.95. The van der Waals surface area contributed by atoms with E-state index in [-0.39, 0.29) is 17.7 Å². The molecule has 3 heterocycles. The smallest absolute Gasteiger partial charge is 0.291 e. The molecule has 33 heavy (non-hydrogen) atoms. The second-order valence-electron chi connectivity index (χ2n) is 7.09. The van der Waals surface area contributed by atoms with Crippen LogP contribution in [0.5, 0.6) is 5.75 Å². The van der Waals surface area contributed by atoms with Crippen molar-refractivity contribution >= 4 is 46.0 Å². The molecule has 0 saturated carbocycles. The molecule has 0 spiro atoms. The Morgan fingerprint density at radius 3 is 2.82 bits per heavy atom. The number of H-pyrrole nitrogens is 1. The van der Waals surface area contributed by atoms with Crippen LogP contribution in [0.15, 0.2) is 77.5 Å². The minimum absolute atomic E-state index is 0.0758. The zero-order valence-electron chi connectivity index (χ0n) is 17.0. The van der Waals surface area contributed by atoms with Crippen LogP contribution in [0.25, 0.3) is 33.7 Å². The number of fused-ring (bicyclic) bond motifs is 1. The van der Waals surface area contributed by atoms with Crippen molar-refractivity contribution in [2.24, 2.45) is 0 Å². The number of anilines is 1. The lowest BCUT2D eigenvalue weighted by Crippen LogP contribution is -2.10. The van der Waals surface area contributed by atoms with E-state index in [1.54, 1.807) is 36.5 Å². The fourth-order valence-electron chi connectivity index (χ4n) is 3.40. The second-order valence-corrected chi connectivity index (χ2v) is 7.71. The van der Waals surface area contributed by atoms with Gasteiger partial charge in [0, 0.05) is 23.0 Å². The average Bonchev–Trinajstić information content (AvgIpc) is 3.50. The molecule has 0 saturated heterocycles. The molecule has 2 aromatic carbocycles. The van der Waals surface area contributed by atoms with Gasteiger partial charge in [0.05, 0.1) is 16.8 Å². The van der Waals surface area contributed by atoms with Gasteiger partial charge in [0.15, 0.2) is 17.5 Å². The molecule has 0 fully saturated rings. The molecule has 0 aliphatic heterocycles. The topological polar surface area (TPSA) is 93.0 Å². The summed E-state index contributed by atoms with van der Waals surface area (Å²) in [7, 11) is 0. The van der Waals surface area contributed by atoms with Gasteiger partial charge in [-0.05, 0) is 54.1 Å². The van der Waals surface area contributed by atoms with Gasteiger partial charge in [0.2, 0.25) is 0 Å². The minimum Gasteiger partial charge on any atom is -0.478 e. The van der Waals surface area contributed by atoms with E-state index in [0.29, 0.717) is 33.5 Å². The number of ether oxygens (including phenoxy) is 1. The molecule has 5 aromatic rings. The zero-order chi connectivity index (χ0) is 22.8. The van der Waals surface area contributed by atoms with Crippen molar-refractivity contribution < 1.29 is 13.9 Å². The monoisotopic (exact) mass is 478 g/mol. The van der Waals surface area contributed by atoms with Crippen molar-refractivity contribution in [3.8, 4) is 28.3 Å². The van der Waals surface area contributed by atoms with Crippen molar-refractivity contribution in [3.63, 3.8) is 0 Å². The first-order valence-corrected chi connectivity index (χ1v) is 10.8. The lowest BCUT2D eigenvalue weighted by molar-refractivity contribution is 0.0996. The summed E-state index contributed by atoms with van der Waals surface area (Å²) >= 11 is 12.1. The summed E-state index contributed by atoms with van der Waals surface area (Å²) in [6, 6.07) is 18.0. The number of furan rings is 1. The largest absolute Gasteiger partial charge is 0.478 e. The Kier molecular flexibility index (Phi) is 5.73. The lowest BCUT2D eigenvalue weighted by atomic mass is 10.1. The minimum atomic E-state index is -0.357. The van der Waals surface area contributed by atoms with E-state index in [9.17, 15) is 4.79 Å². The molecule has 3 aromatic heterocycles. The maximum Gasteiger partial charge on any atom is 0.291 e. The third kappa shape index (κ3) is 4.41. The number of hydrogen-bond acceptors (Lipinski definition) is 5. The molecule has 1 amide bonds. The highest BCUT2D eigenvalue weighted by molar-refractivity contribution is 6.33. The molecule has 7 nitrogen and oxygen atoms in total. The number of aromatic nitrogens is 3. The summed E-state index contributed by atoms with van der Waals surface area (Å²) in [6.45, 7) is 0. The summed E-state index contributed by atoms with van der Waals surface area (Å²) in [6.07, 6.45) is 3.19. The first-order chi connectivity index (χ1) is 16.1. The summed E-state index contributed by atoms with van der Waals surface area (Å²) < 4.78 is 10.5. The van der Waals surface area contributed by atoms with Crippen LogP contribution >= 0.6 is 23.2 Å². The Hall–Kier alpha value is -3.81. The number of halogens is 2. The van der Waals surface area contributed by atoms with Gasteiger partial charge in [-0.1, -0.05) is 35.3 Å². The summed E-state index contributed by atoms with van der Waals surface area (Å²) in [5.41, 5.74) is 4.30. The first kappa shape index (κ1) is 21.1. The normalized spacial score (nSPS) is 11.0. The van der Waals surface area contributed by atoms with Crippen molar-refractivity contribution in [3.05, 3.63) is 83.9 Å². The van der Waals surface area contributed by atoms with Crippen LogP contribution in [-0.4, -0.2) is 26.9 Å². The standard InChI is InChI=1S/C24H16Cl2N4O3/c25-13-33-17-4-1-3-14(9-17)15-10-20-23(27-12-15)30-22(29-20)18-11-16(6-7-19(18)26)28-24(31)21-5-2-8-32-21/h1-12H,13H2,(H,28,31)(H,27,29,30). The maximum absolute atomic E-state index is 12.3. The number of carbonyl (C=O) groups excluding carboxylic acids is 1. The van der Waals surface area contributed by atoms with E-state index >= 15 is 0 Å². The number of imidazole rings is 1. The van der Waals surface area contributed by atoms with Crippen LogP contribution in [-0.2, 0) is 0 Å². The Morgan fingerprint density at radius 1 is 1.09 bits per heavy atom. The van der Waals surface area contributed by atoms with E-state index in [2.05, 4.69) is 20.3 Å². The molecule has 2 N–H and O–H groups in total. The van der Waals surface area contributed by atoms with Gasteiger partial charge in [-0.2, -0.15) is 0 Å². The highest BCUT2D eigenvalue weighted by atomic mass is 35.5. The molecule has 5 rings (SSSR count). The van der Waals surface area contributed by atoms with Crippen molar-refractivity contribution in [2.45, 2.75) is 0 Å². The first-order valence-electron chi connectivity index (χ1n) is 9.90. The van der Waals surface area contributed by atoms with Crippen LogP contribution in [0.1, 0.15) is 10.6 Å². The summed E-state index contributed by atoms with van der Waals surface area (Å²) in [5, 5.41) is 3.27. The van der Waals surface area contributed by atoms with Crippen LogP contribution in [0.3, 0.4) is 0 Å². The molecular formula is C24H16Cl2N4O3. The van der Waals surface area contributed by atoms with Crippen LogP contribution in [0.2, 0.25) is 5.02 Å². The lowest BCUT2D eigenvalue weighted by Gasteiger charge is -2.07. The van der Waals surface area contributed by atoms with Gasteiger partial charge in [-0.3, -0.25) is 4.79 Å². The second kappa shape index (κ2) is 8.97. The Bertz CT molecular complexity index is 1450. The average molecular weight is 479 g/mol. The molecule has 0 atom stereocenters. The SMILES string of the molecule is O=C(Nc1ccc(Cl)c(-c2nc3ncc(-c4cccc(OCCl)c4)cc3[nH]2)c1)c1ccco1. The maximum atomic E-state index is 12.3. The van der Waals surface area contributed by atoms with E-state index < -0.39 is 0 Å². The number of benzene rings is 2. The molecule has 0 unspecified atom stereocenters. The van der Waals surface area contributed by atoms with Gasteiger partial charge in [-0.15, -0.1) is 0 Å². The zero-order valence-corrected chi connectivity index (χ0v) is 18.5.